The smallest absolute Gasteiger partial charge is 0.273 e. The minimum atomic E-state index is -1.00. The number of fused-ring (bicyclic) bond motifs is 3. The van der Waals surface area contributed by atoms with Gasteiger partial charge in [-0.1, -0.05) is 43.9 Å². The summed E-state index contributed by atoms with van der Waals surface area (Å²) >= 11 is 0. The molecule has 7 nitrogen and oxygen atoms in total. The van der Waals surface area contributed by atoms with Gasteiger partial charge < -0.3 is 24.1 Å². The molecule has 2 aromatic heterocycles. The molecule has 2 amide bonds. The van der Waals surface area contributed by atoms with E-state index in [9.17, 15) is 9.59 Å². The molecule has 1 saturated heterocycles. The maximum Gasteiger partial charge on any atom is 0.273 e. The molecule has 4 heterocycles. The summed E-state index contributed by atoms with van der Waals surface area (Å²) in [6, 6.07) is 12.3. The molecule has 1 aliphatic carbocycles. The van der Waals surface area contributed by atoms with Crippen molar-refractivity contribution in [1.82, 2.24) is 19.4 Å². The number of carbonyl (C=O) groups is 2. The largest absolute Gasteiger partial charge is 0.376 e. The molecule has 3 aromatic rings. The van der Waals surface area contributed by atoms with Crippen LogP contribution in [-0.2, 0) is 16.1 Å². The van der Waals surface area contributed by atoms with Crippen LogP contribution in [0.3, 0.4) is 0 Å². The van der Waals surface area contributed by atoms with E-state index in [-0.39, 0.29) is 24.0 Å². The van der Waals surface area contributed by atoms with Crippen LogP contribution >= 0.6 is 0 Å². The molecule has 6 rings (SSSR count). The quantitative estimate of drug-likeness (QED) is 0.531. The minimum Gasteiger partial charge on any atom is -0.376 e. The number of nitrogens with zero attached hydrogens (tertiary/aromatic N) is 3. The lowest BCUT2D eigenvalue weighted by Crippen LogP contribution is -2.66. The molecule has 1 aromatic carbocycles. The predicted octanol–water partition coefficient (Wildman–Crippen LogP) is 4.66. The molecule has 0 unspecified atom stereocenters. The lowest BCUT2D eigenvalue weighted by molar-refractivity contribution is -0.134. The van der Waals surface area contributed by atoms with Gasteiger partial charge in [0.2, 0.25) is 5.91 Å². The molecule has 190 valence electrons. The molecule has 0 bridgehead atoms. The first-order valence-electron chi connectivity index (χ1n) is 13.6. The van der Waals surface area contributed by atoms with Crippen LogP contribution in [0.4, 0.5) is 0 Å². The fraction of sp³-hybridized carbons (Fsp3) is 0.517. The van der Waals surface area contributed by atoms with E-state index in [1.165, 1.54) is 12.8 Å². The lowest BCUT2D eigenvalue weighted by Gasteiger charge is -2.45. The third kappa shape index (κ3) is 3.94. The molecular weight excluding hydrogens is 452 g/mol. The number of aromatic nitrogens is 2. The third-order valence-corrected chi connectivity index (χ3v) is 8.41. The van der Waals surface area contributed by atoms with E-state index in [4.69, 9.17) is 4.74 Å². The molecule has 1 N–H and O–H groups in total. The number of ether oxygens (including phenoxy) is 1. The van der Waals surface area contributed by atoms with Crippen LogP contribution in [0.15, 0.2) is 48.8 Å². The van der Waals surface area contributed by atoms with Crippen LogP contribution in [0.2, 0.25) is 0 Å². The van der Waals surface area contributed by atoms with E-state index >= 15 is 0 Å². The van der Waals surface area contributed by atoms with Crippen molar-refractivity contribution in [3.63, 3.8) is 0 Å². The van der Waals surface area contributed by atoms with Crippen molar-refractivity contribution in [2.45, 2.75) is 82.5 Å². The van der Waals surface area contributed by atoms with Gasteiger partial charge >= 0.3 is 0 Å². The van der Waals surface area contributed by atoms with Gasteiger partial charge in [0.25, 0.3) is 5.91 Å². The summed E-state index contributed by atoms with van der Waals surface area (Å²) in [7, 11) is 0. The van der Waals surface area contributed by atoms with E-state index in [2.05, 4.69) is 22.0 Å². The van der Waals surface area contributed by atoms with Gasteiger partial charge in [0.15, 0.2) is 0 Å². The first-order chi connectivity index (χ1) is 17.6. The Labute approximate surface area is 212 Å². The van der Waals surface area contributed by atoms with Gasteiger partial charge in [0.05, 0.1) is 23.9 Å². The summed E-state index contributed by atoms with van der Waals surface area (Å²) in [5, 5.41) is 4.38. The summed E-state index contributed by atoms with van der Waals surface area (Å²) in [5.74, 6) is -0.151. The SMILES string of the molecule is C[C@]1(C(=O)NC2CCCCCC2)Cn2c(c(-n3cccc3)c3ccccc32)C(=O)N1C[C@H]1CCCO1. The molecular formula is C29H36N4O3. The highest BCUT2D eigenvalue weighted by Gasteiger charge is 2.50. The van der Waals surface area contributed by atoms with Gasteiger partial charge in [-0.05, 0) is 50.8 Å². The Morgan fingerprint density at radius 1 is 1.03 bits per heavy atom. The average molecular weight is 489 g/mol. The highest BCUT2D eigenvalue weighted by atomic mass is 16.5. The first-order valence-corrected chi connectivity index (χ1v) is 13.6. The van der Waals surface area contributed by atoms with E-state index in [0.29, 0.717) is 25.4 Å². The van der Waals surface area contributed by atoms with Gasteiger partial charge in [-0.15, -0.1) is 0 Å². The Hall–Kier alpha value is -3.06. The maximum absolute atomic E-state index is 14.4. The van der Waals surface area contributed by atoms with E-state index in [1.54, 1.807) is 0 Å². The van der Waals surface area contributed by atoms with Crippen molar-refractivity contribution >= 4 is 22.7 Å². The normalized spacial score (nSPS) is 25.2. The Bertz CT molecular complexity index is 1250. The second kappa shape index (κ2) is 9.43. The number of hydrogen-bond acceptors (Lipinski definition) is 3. The number of amides is 2. The van der Waals surface area contributed by atoms with Crippen LogP contribution in [0.1, 0.15) is 68.8 Å². The zero-order valence-electron chi connectivity index (χ0n) is 21.1. The van der Waals surface area contributed by atoms with Crippen molar-refractivity contribution in [2.24, 2.45) is 0 Å². The van der Waals surface area contributed by atoms with Gasteiger partial charge in [0.1, 0.15) is 11.2 Å². The van der Waals surface area contributed by atoms with Gasteiger partial charge in [-0.3, -0.25) is 9.59 Å². The van der Waals surface area contributed by atoms with Crippen molar-refractivity contribution in [3.05, 3.63) is 54.5 Å². The van der Waals surface area contributed by atoms with Gasteiger partial charge in [-0.25, -0.2) is 0 Å². The van der Waals surface area contributed by atoms with Crippen molar-refractivity contribution in [1.29, 1.82) is 0 Å². The second-order valence-electron chi connectivity index (χ2n) is 10.9. The van der Waals surface area contributed by atoms with Crippen LogP contribution in [0.25, 0.3) is 16.6 Å². The topological polar surface area (TPSA) is 68.5 Å². The van der Waals surface area contributed by atoms with Crippen LogP contribution in [-0.4, -0.2) is 56.7 Å². The molecule has 0 spiro atoms. The molecule has 1 saturated carbocycles. The van der Waals surface area contributed by atoms with Crippen LogP contribution in [0, 0.1) is 0 Å². The van der Waals surface area contributed by atoms with Crippen molar-refractivity contribution < 1.29 is 14.3 Å². The molecule has 3 aliphatic rings. The number of rotatable bonds is 5. The summed E-state index contributed by atoms with van der Waals surface area (Å²) in [4.78, 5) is 30.3. The fourth-order valence-corrected chi connectivity index (χ4v) is 6.39. The van der Waals surface area contributed by atoms with Crippen LogP contribution in [0.5, 0.6) is 0 Å². The zero-order valence-corrected chi connectivity index (χ0v) is 21.1. The van der Waals surface area contributed by atoms with E-state index < -0.39 is 5.54 Å². The molecule has 2 aliphatic heterocycles. The number of nitrogens with one attached hydrogen (secondary N) is 1. The molecule has 7 heteroatoms. The van der Waals surface area contributed by atoms with Crippen molar-refractivity contribution in [2.75, 3.05) is 13.2 Å². The lowest BCUT2D eigenvalue weighted by atomic mass is 9.92. The summed E-state index contributed by atoms with van der Waals surface area (Å²) in [5.41, 5.74) is 1.50. The third-order valence-electron chi connectivity index (χ3n) is 8.41. The highest BCUT2D eigenvalue weighted by Crippen LogP contribution is 2.38. The summed E-state index contributed by atoms with van der Waals surface area (Å²) in [6.45, 7) is 3.51. The minimum absolute atomic E-state index is 0.0371. The van der Waals surface area contributed by atoms with E-state index in [1.807, 2.05) is 53.0 Å². The number of hydrogen-bond donors (Lipinski definition) is 1. The van der Waals surface area contributed by atoms with Gasteiger partial charge in [-0.2, -0.15) is 0 Å². The standard InChI is InChI=1S/C29H36N4O3/c1-29(28(35)30-21-11-4-2-3-5-12-21)20-32-24-15-7-6-14-23(24)25(31-16-8-9-17-31)26(32)27(34)33(29)19-22-13-10-18-36-22/h6-9,14-17,21-22H,2-5,10-13,18-20H2,1H3,(H,30,35)/t22-,29-/m1/s1. The first kappa shape index (κ1) is 23.3. The number of para-hydroxylation sites is 1. The summed E-state index contributed by atoms with van der Waals surface area (Å²) < 4.78 is 10.0. The van der Waals surface area contributed by atoms with Crippen LogP contribution < -0.4 is 5.32 Å². The summed E-state index contributed by atoms with van der Waals surface area (Å²) in [6.07, 6.45) is 12.6. The maximum atomic E-state index is 14.4. The average Bonchev–Trinajstić information content (AvgIpc) is 3.61. The Kier molecular flexibility index (Phi) is 6.12. The zero-order chi connectivity index (χ0) is 24.7. The molecule has 2 fully saturated rings. The van der Waals surface area contributed by atoms with Gasteiger partial charge in [0, 0.05) is 37.0 Å². The Morgan fingerprint density at radius 2 is 1.78 bits per heavy atom. The van der Waals surface area contributed by atoms with E-state index in [0.717, 1.165) is 55.1 Å². The fourth-order valence-electron chi connectivity index (χ4n) is 6.39. The number of benzene rings is 1. The second-order valence-corrected chi connectivity index (χ2v) is 10.9. The Morgan fingerprint density at radius 3 is 2.50 bits per heavy atom. The number of carbonyl (C=O) groups excluding carboxylic acids is 2. The molecule has 2 atom stereocenters. The Balaban J connectivity index is 1.45. The highest BCUT2D eigenvalue weighted by molar-refractivity contribution is 6.09. The predicted molar refractivity (Wildman–Crippen MR) is 139 cm³/mol. The van der Waals surface area contributed by atoms with Crippen molar-refractivity contribution in [3.8, 4) is 5.69 Å². The monoisotopic (exact) mass is 488 g/mol. The molecule has 0 radical (unpaired) electrons. The molecule has 36 heavy (non-hydrogen) atoms.